The van der Waals surface area contributed by atoms with Gasteiger partial charge in [0.15, 0.2) is 0 Å². The zero-order valence-corrected chi connectivity index (χ0v) is 19.4. The van der Waals surface area contributed by atoms with Gasteiger partial charge in [0.05, 0.1) is 0 Å². The minimum absolute atomic E-state index is 0.00581. The molecule has 1 aliphatic rings. The van der Waals surface area contributed by atoms with Crippen molar-refractivity contribution in [3.8, 4) is 5.06 Å². The summed E-state index contributed by atoms with van der Waals surface area (Å²) in [5, 5.41) is 19.8. The maximum absolute atomic E-state index is 12.3. The van der Waals surface area contributed by atoms with E-state index in [0.717, 1.165) is 9.35 Å². The van der Waals surface area contributed by atoms with E-state index in [1.807, 2.05) is 31.2 Å². The molecule has 0 aliphatic heterocycles. The fourth-order valence-electron chi connectivity index (χ4n) is 3.65. The second kappa shape index (κ2) is 12.4. The van der Waals surface area contributed by atoms with Gasteiger partial charge in [0.2, 0.25) is 0 Å². The number of carbonyl (C=O) groups is 2. The first kappa shape index (κ1) is 24.8. The Kier molecular flexibility index (Phi) is 10.2. The second-order valence-corrected chi connectivity index (χ2v) is 9.55. The first-order valence-electron chi connectivity index (χ1n) is 10.0. The van der Waals surface area contributed by atoms with Crippen LogP contribution in [-0.4, -0.2) is 48.1 Å². The normalized spacial score (nSPS) is 23.9. The van der Waals surface area contributed by atoms with E-state index in [-0.39, 0.29) is 36.6 Å². The molecule has 1 aromatic heterocycles. The van der Waals surface area contributed by atoms with Crippen molar-refractivity contribution >= 4 is 52.5 Å². The quantitative estimate of drug-likeness (QED) is 0.198. The van der Waals surface area contributed by atoms with Gasteiger partial charge in [0.25, 0.3) is 0 Å². The molecule has 0 amide bonds. The Labute approximate surface area is 191 Å². The number of aliphatic hydroxyl groups excluding tert-OH is 1. The second-order valence-electron chi connectivity index (χ2n) is 7.48. The standard InChI is InChI=1S/C22H27BBrO5S/c1-14-19(24)11-22(30-14)29-13-16(25)8-9-17-15(12-23)10-20(26)18(17)6-4-2-3-5-7-21(27)28/h2,4,8-9,11-12,15,17-18,20,26H,3,5-7,10,13H2,1H3,(H,27,28)/b4-2-,9-8+/t15-,17-,18+,20?/m0/s1. The summed E-state index contributed by atoms with van der Waals surface area (Å²) in [6, 6.07) is 1.85. The Bertz CT molecular complexity index is 784. The van der Waals surface area contributed by atoms with Crippen LogP contribution in [0.25, 0.3) is 0 Å². The number of carbonyl (C=O) groups excluding carboxylic acids is 1. The third-order valence-electron chi connectivity index (χ3n) is 5.28. The molecule has 1 radical (unpaired) electrons. The number of aliphatic hydroxyl groups is 1. The molecule has 1 unspecified atom stereocenters. The number of ether oxygens (including phenoxy) is 1. The summed E-state index contributed by atoms with van der Waals surface area (Å²) in [7, 11) is 5.77. The van der Waals surface area contributed by atoms with Crippen LogP contribution in [0.15, 0.2) is 34.8 Å². The number of hydrogen-bond acceptors (Lipinski definition) is 5. The molecule has 1 aromatic rings. The van der Waals surface area contributed by atoms with Gasteiger partial charge in [-0.05, 0) is 0 Å². The average Bonchev–Trinajstić information content (AvgIpc) is 3.19. The molecule has 0 saturated heterocycles. The summed E-state index contributed by atoms with van der Waals surface area (Å²) in [4.78, 5) is 23.9. The number of ketones is 1. The molecule has 1 heterocycles. The Morgan fingerprint density at radius 3 is 2.80 bits per heavy atom. The molecule has 1 saturated carbocycles. The van der Waals surface area contributed by atoms with Gasteiger partial charge in [-0.3, -0.25) is 0 Å². The number of allylic oxidation sites excluding steroid dienone is 3. The van der Waals surface area contributed by atoms with Crippen molar-refractivity contribution in [2.75, 3.05) is 6.61 Å². The summed E-state index contributed by atoms with van der Waals surface area (Å²) >= 11 is 4.91. The van der Waals surface area contributed by atoms with Gasteiger partial charge in [-0.1, -0.05) is 0 Å². The maximum atomic E-state index is 12.3. The van der Waals surface area contributed by atoms with E-state index >= 15 is 0 Å². The third-order valence-corrected chi connectivity index (χ3v) is 7.32. The van der Waals surface area contributed by atoms with Crippen LogP contribution < -0.4 is 4.74 Å². The Morgan fingerprint density at radius 2 is 2.17 bits per heavy atom. The van der Waals surface area contributed by atoms with E-state index in [1.54, 1.807) is 5.97 Å². The van der Waals surface area contributed by atoms with Crippen molar-refractivity contribution in [2.24, 2.45) is 17.8 Å². The van der Waals surface area contributed by atoms with Gasteiger partial charge in [-0.25, -0.2) is 0 Å². The van der Waals surface area contributed by atoms with Gasteiger partial charge in [-0.15, -0.1) is 0 Å². The number of carboxylic acids is 1. The first-order valence-corrected chi connectivity index (χ1v) is 11.6. The summed E-state index contributed by atoms with van der Waals surface area (Å²) in [6.07, 6.45) is 9.47. The van der Waals surface area contributed by atoms with Crippen molar-refractivity contribution in [2.45, 2.75) is 45.1 Å². The predicted molar refractivity (Wildman–Crippen MR) is 125 cm³/mol. The summed E-state index contributed by atoms with van der Waals surface area (Å²) < 4.78 is 6.52. The van der Waals surface area contributed by atoms with E-state index in [9.17, 15) is 14.7 Å². The van der Waals surface area contributed by atoms with E-state index in [1.165, 1.54) is 17.4 Å². The zero-order valence-electron chi connectivity index (χ0n) is 17.0. The average molecular weight is 494 g/mol. The molecule has 4 atom stereocenters. The van der Waals surface area contributed by atoms with Crippen molar-refractivity contribution in [3.63, 3.8) is 0 Å². The number of aliphatic carboxylic acids is 1. The van der Waals surface area contributed by atoms with Crippen LogP contribution in [-0.2, 0) is 9.59 Å². The zero-order chi connectivity index (χ0) is 22.1. The minimum atomic E-state index is -0.795. The monoisotopic (exact) mass is 493 g/mol. The predicted octanol–water partition coefficient (Wildman–Crippen LogP) is 4.11. The summed E-state index contributed by atoms with van der Waals surface area (Å²) in [5.41, 5.74) is 0. The fraction of sp³-hybridized carbons (Fsp3) is 0.500. The molecular formula is C22H27BBrO5S. The number of aryl methyl sites for hydroxylation is 1. The van der Waals surface area contributed by atoms with E-state index in [0.29, 0.717) is 30.7 Å². The molecule has 30 heavy (non-hydrogen) atoms. The Morgan fingerprint density at radius 1 is 1.40 bits per heavy atom. The van der Waals surface area contributed by atoms with Crippen molar-refractivity contribution in [1.82, 2.24) is 0 Å². The van der Waals surface area contributed by atoms with Crippen molar-refractivity contribution < 1.29 is 24.5 Å². The van der Waals surface area contributed by atoms with Gasteiger partial charge >= 0.3 is 191 Å². The van der Waals surface area contributed by atoms with E-state index in [4.69, 9.17) is 17.3 Å². The molecule has 8 heteroatoms. The van der Waals surface area contributed by atoms with Gasteiger partial charge in [0.1, 0.15) is 0 Å². The van der Waals surface area contributed by atoms with Crippen LogP contribution in [0.3, 0.4) is 0 Å². The molecule has 5 nitrogen and oxygen atoms in total. The molecule has 0 spiro atoms. The van der Waals surface area contributed by atoms with Crippen LogP contribution in [0.4, 0.5) is 0 Å². The summed E-state index contributed by atoms with van der Waals surface area (Å²) in [6.45, 7) is 1.93. The van der Waals surface area contributed by atoms with Gasteiger partial charge in [0, 0.05) is 0 Å². The number of rotatable bonds is 12. The van der Waals surface area contributed by atoms with Crippen molar-refractivity contribution in [3.05, 3.63) is 39.7 Å². The molecule has 161 valence electrons. The van der Waals surface area contributed by atoms with Gasteiger partial charge in [-0.2, -0.15) is 0 Å². The molecular weight excluding hydrogens is 467 g/mol. The third kappa shape index (κ3) is 7.63. The van der Waals surface area contributed by atoms with Crippen LogP contribution in [0.2, 0.25) is 0 Å². The molecule has 2 rings (SSSR count). The molecule has 2 N–H and O–H groups in total. The number of halogens is 1. The first-order chi connectivity index (χ1) is 14.3. The van der Waals surface area contributed by atoms with E-state index < -0.39 is 12.1 Å². The molecule has 0 aromatic carbocycles. The van der Waals surface area contributed by atoms with Crippen LogP contribution in [0.5, 0.6) is 5.06 Å². The molecule has 0 bridgehead atoms. The topological polar surface area (TPSA) is 83.8 Å². The fourth-order valence-corrected chi connectivity index (χ4v) is 5.00. The number of thiophene rings is 1. The van der Waals surface area contributed by atoms with Crippen LogP contribution >= 0.6 is 27.3 Å². The number of unbranched alkanes of at least 4 members (excludes halogenated alkanes) is 1. The summed E-state index contributed by atoms with van der Waals surface area (Å²) in [5.74, 6) is 0.601. The van der Waals surface area contributed by atoms with Crippen molar-refractivity contribution in [1.29, 1.82) is 0 Å². The SMILES string of the molecule is [B]=C[C@@H]1CC(O)[C@H](C/C=C\CCCC(=O)O)[C@H]1/C=C/C(=O)COc1cc(Br)c(C)s1. The van der Waals surface area contributed by atoms with E-state index in [2.05, 4.69) is 15.9 Å². The van der Waals surface area contributed by atoms with Crippen LogP contribution in [0, 0.1) is 24.7 Å². The number of carboxylic acid groups (broad SMARTS) is 1. The number of hydrogen-bond donors (Lipinski definition) is 2. The molecule has 1 fully saturated rings. The van der Waals surface area contributed by atoms with Gasteiger partial charge < -0.3 is 0 Å². The van der Waals surface area contributed by atoms with Crippen LogP contribution in [0.1, 0.15) is 37.0 Å². The molecule has 1 aliphatic carbocycles. The Hall–Kier alpha value is -1.51. The Balaban J connectivity index is 1.90.